The third-order valence-corrected chi connectivity index (χ3v) is 0. The quantitative estimate of drug-likeness (QED) is 0.434. The normalized spacial score (nSPS) is 4.33. The number of hydrogen-bond donors (Lipinski definition) is 0. The molecule has 0 radical (unpaired) electrons. The highest BCUT2D eigenvalue weighted by Crippen LogP contribution is 1.56. The molecule has 0 atom stereocenters. The lowest BCUT2D eigenvalue weighted by molar-refractivity contribution is -0.191. The van der Waals surface area contributed by atoms with Crippen LogP contribution in [-0.2, 0) is 9.59 Å². The highest BCUT2D eigenvalue weighted by Gasteiger charge is 1.44. The second kappa shape index (κ2) is 28.9. The van der Waals surface area contributed by atoms with E-state index in [2.05, 4.69) is 0 Å². The van der Waals surface area contributed by atoms with Crippen LogP contribution in [0.15, 0.2) is 0 Å². The van der Waals surface area contributed by atoms with Crippen molar-refractivity contribution < 1.29 is 18.4 Å². The number of hydrogen-bond acceptors (Lipinski definition) is 2. The molecule has 0 spiro atoms. The Bertz CT molecular complexity index is 38.8. The van der Waals surface area contributed by atoms with E-state index < -0.39 is 6.93 Å². The SMILES string of the molecule is FCF.O=C=O. The van der Waals surface area contributed by atoms with Gasteiger partial charge in [0.2, 0.25) is 6.93 Å². The van der Waals surface area contributed by atoms with Gasteiger partial charge in [-0.1, -0.05) is 0 Å². The topological polar surface area (TPSA) is 34.1 Å². The van der Waals surface area contributed by atoms with E-state index in [9.17, 15) is 8.78 Å². The Morgan fingerprint density at radius 3 is 1.33 bits per heavy atom. The molecular formula is C2H2F2O2. The predicted octanol–water partition coefficient (Wildman–Crippen LogP) is 0.299. The Labute approximate surface area is 32.8 Å². The van der Waals surface area contributed by atoms with Crippen LogP contribution < -0.4 is 0 Å². The number of carbonyl (C=O) groups excluding carboxylic acids is 2. The summed E-state index contributed by atoms with van der Waals surface area (Å²) in [5.74, 6) is 0. The molecule has 0 amide bonds. The smallest absolute Gasteiger partial charge is 0.214 e. The maximum Gasteiger partial charge on any atom is 0.373 e. The third kappa shape index (κ3) is 28.1. The van der Waals surface area contributed by atoms with E-state index in [4.69, 9.17) is 9.59 Å². The molecule has 2 nitrogen and oxygen atoms in total. The van der Waals surface area contributed by atoms with Gasteiger partial charge in [-0.05, 0) is 0 Å². The summed E-state index contributed by atoms with van der Waals surface area (Å²) in [7, 11) is 0. The van der Waals surface area contributed by atoms with E-state index in [1.165, 1.54) is 0 Å². The fourth-order valence-electron chi connectivity index (χ4n) is 0. The largest absolute Gasteiger partial charge is 0.373 e. The zero-order valence-electron chi connectivity index (χ0n) is 2.78. The van der Waals surface area contributed by atoms with Gasteiger partial charge in [-0.3, -0.25) is 0 Å². The zero-order chi connectivity index (χ0) is 5.41. The molecule has 0 unspecified atom stereocenters. The maximum atomic E-state index is 9.62. The molecule has 0 aliphatic carbocycles. The predicted molar refractivity (Wildman–Crippen MR) is 12.1 cm³/mol. The first-order valence-electron chi connectivity index (χ1n) is 0.943. The molecular weight excluding hydrogens is 94.0 g/mol. The lowest BCUT2D eigenvalue weighted by atomic mass is 11.7. The second-order valence-corrected chi connectivity index (χ2v) is 0.184. The van der Waals surface area contributed by atoms with Crippen LogP contribution in [-0.4, -0.2) is 13.1 Å². The minimum absolute atomic E-state index is 0.250. The second-order valence-electron chi connectivity index (χ2n) is 0.184. The van der Waals surface area contributed by atoms with Crippen molar-refractivity contribution in [2.75, 3.05) is 6.93 Å². The molecule has 0 aromatic heterocycles. The first-order valence-corrected chi connectivity index (χ1v) is 0.943. The number of alkyl halides is 2. The molecule has 0 saturated heterocycles. The fraction of sp³-hybridized carbons (Fsp3) is 0.500. The van der Waals surface area contributed by atoms with Crippen LogP contribution in [0.4, 0.5) is 8.78 Å². The molecule has 4 heteroatoms. The van der Waals surface area contributed by atoms with Crippen molar-refractivity contribution in [1.82, 2.24) is 0 Å². The number of halogens is 2. The minimum Gasteiger partial charge on any atom is -0.214 e. The molecule has 0 aromatic rings. The van der Waals surface area contributed by atoms with E-state index in [1.54, 1.807) is 0 Å². The first-order chi connectivity index (χ1) is 2.83. The zero-order valence-corrected chi connectivity index (χ0v) is 2.78. The molecule has 0 aliphatic heterocycles. The molecule has 0 N–H and O–H groups in total. The van der Waals surface area contributed by atoms with Gasteiger partial charge in [0.25, 0.3) is 0 Å². The molecule has 36 valence electrons. The summed E-state index contributed by atoms with van der Waals surface area (Å²) in [5, 5.41) is 0. The molecule has 0 bridgehead atoms. The van der Waals surface area contributed by atoms with Gasteiger partial charge in [-0.25, -0.2) is 8.78 Å². The van der Waals surface area contributed by atoms with Crippen LogP contribution in [0.1, 0.15) is 0 Å². The van der Waals surface area contributed by atoms with E-state index in [0.717, 1.165) is 0 Å². The Morgan fingerprint density at radius 1 is 1.33 bits per heavy atom. The monoisotopic (exact) mass is 96.0 g/mol. The third-order valence-electron chi connectivity index (χ3n) is 0. The summed E-state index contributed by atoms with van der Waals surface area (Å²) in [6.45, 7) is -1.75. The molecule has 6 heavy (non-hydrogen) atoms. The van der Waals surface area contributed by atoms with Gasteiger partial charge >= 0.3 is 6.15 Å². The molecule has 0 aromatic carbocycles. The van der Waals surface area contributed by atoms with Gasteiger partial charge in [0.05, 0.1) is 0 Å². The highest BCUT2D eigenvalue weighted by atomic mass is 19.3. The first kappa shape index (κ1) is 8.97. The van der Waals surface area contributed by atoms with Crippen molar-refractivity contribution in [1.29, 1.82) is 0 Å². The molecule has 0 aliphatic rings. The average Bonchev–Trinajstić information content (AvgIpc) is 1.39. The average molecular weight is 96.0 g/mol. The van der Waals surface area contributed by atoms with Gasteiger partial charge in [0, 0.05) is 0 Å². The van der Waals surface area contributed by atoms with Crippen LogP contribution in [0.5, 0.6) is 0 Å². The van der Waals surface area contributed by atoms with Crippen LogP contribution in [0.25, 0.3) is 0 Å². The summed E-state index contributed by atoms with van der Waals surface area (Å²) in [6.07, 6.45) is 0.250. The lowest BCUT2D eigenvalue weighted by Gasteiger charge is -1.42. The van der Waals surface area contributed by atoms with Crippen molar-refractivity contribution in [3.8, 4) is 0 Å². The van der Waals surface area contributed by atoms with Crippen molar-refractivity contribution in [3.05, 3.63) is 0 Å². The van der Waals surface area contributed by atoms with Crippen molar-refractivity contribution in [3.63, 3.8) is 0 Å². The fourth-order valence-corrected chi connectivity index (χ4v) is 0. The summed E-state index contributed by atoms with van der Waals surface area (Å²) >= 11 is 0. The van der Waals surface area contributed by atoms with Crippen molar-refractivity contribution >= 4 is 6.15 Å². The minimum atomic E-state index is -1.75. The summed E-state index contributed by atoms with van der Waals surface area (Å²) < 4.78 is 19.2. The van der Waals surface area contributed by atoms with E-state index >= 15 is 0 Å². The van der Waals surface area contributed by atoms with E-state index in [1.807, 2.05) is 0 Å². The van der Waals surface area contributed by atoms with Crippen molar-refractivity contribution in [2.45, 2.75) is 0 Å². The van der Waals surface area contributed by atoms with Crippen LogP contribution in [0, 0.1) is 0 Å². The molecule has 0 heterocycles. The van der Waals surface area contributed by atoms with E-state index in [0.29, 0.717) is 0 Å². The summed E-state index contributed by atoms with van der Waals surface area (Å²) in [4.78, 5) is 16.2. The Balaban J connectivity index is 0. The highest BCUT2D eigenvalue weighted by molar-refractivity contribution is 5.20. The molecule has 0 saturated carbocycles. The van der Waals surface area contributed by atoms with Crippen molar-refractivity contribution in [2.24, 2.45) is 0 Å². The Morgan fingerprint density at radius 2 is 1.33 bits per heavy atom. The van der Waals surface area contributed by atoms with Gasteiger partial charge in [-0.2, -0.15) is 9.59 Å². The van der Waals surface area contributed by atoms with Crippen LogP contribution >= 0.6 is 0 Å². The van der Waals surface area contributed by atoms with Crippen LogP contribution in [0.3, 0.4) is 0 Å². The van der Waals surface area contributed by atoms with Gasteiger partial charge < -0.3 is 0 Å². The van der Waals surface area contributed by atoms with Crippen LogP contribution in [0.2, 0.25) is 0 Å². The van der Waals surface area contributed by atoms with Gasteiger partial charge in [0.1, 0.15) is 0 Å². The maximum absolute atomic E-state index is 9.62. The number of rotatable bonds is 0. The standard InChI is InChI=1S/CH2F2.CO2/c2*2-1-3/h1H2;. The van der Waals surface area contributed by atoms with Gasteiger partial charge in [0.15, 0.2) is 0 Å². The molecule has 0 rings (SSSR count). The molecule has 0 fully saturated rings. The van der Waals surface area contributed by atoms with E-state index in [-0.39, 0.29) is 6.15 Å². The summed E-state index contributed by atoms with van der Waals surface area (Å²) in [6, 6.07) is 0. The Kier molecular flexibility index (Phi) is 43.3. The Hall–Kier alpha value is -0.760. The van der Waals surface area contributed by atoms with Gasteiger partial charge in [-0.15, -0.1) is 0 Å². The summed E-state index contributed by atoms with van der Waals surface area (Å²) in [5.41, 5.74) is 0. The lowest BCUT2D eigenvalue weighted by Crippen LogP contribution is -1.34.